The summed E-state index contributed by atoms with van der Waals surface area (Å²) in [6.45, 7) is 4.18. The second-order valence-corrected chi connectivity index (χ2v) is 6.74. The maximum absolute atomic E-state index is 6.01. The molecule has 2 aromatic rings. The van der Waals surface area contributed by atoms with Crippen LogP contribution >= 0.6 is 15.9 Å². The number of nitrogen functional groups attached to an aromatic ring is 1. The zero-order chi connectivity index (χ0) is 15.0. The predicted octanol–water partition coefficient (Wildman–Crippen LogP) is 4.76. The van der Waals surface area contributed by atoms with Crippen molar-refractivity contribution >= 4 is 21.7 Å². The third kappa shape index (κ3) is 2.95. The van der Waals surface area contributed by atoms with Gasteiger partial charge in [-0.3, -0.25) is 0 Å². The van der Waals surface area contributed by atoms with Crippen LogP contribution in [0.5, 0.6) is 0 Å². The van der Waals surface area contributed by atoms with Crippen molar-refractivity contribution in [3.8, 4) is 11.4 Å². The Labute approximate surface area is 134 Å². The van der Waals surface area contributed by atoms with Crippen molar-refractivity contribution in [2.45, 2.75) is 45.4 Å². The predicted molar refractivity (Wildman–Crippen MR) is 90.3 cm³/mol. The van der Waals surface area contributed by atoms with E-state index < -0.39 is 0 Å². The Bertz CT molecular complexity index is 653. The van der Waals surface area contributed by atoms with Gasteiger partial charge in [0.05, 0.1) is 0 Å². The first-order valence-corrected chi connectivity index (χ1v) is 8.25. The Morgan fingerprint density at radius 2 is 1.67 bits per heavy atom. The van der Waals surface area contributed by atoms with Crippen LogP contribution in [0.1, 0.15) is 48.4 Å². The highest BCUT2D eigenvalue weighted by atomic mass is 79.9. The molecule has 1 heterocycles. The van der Waals surface area contributed by atoms with Gasteiger partial charge in [0.15, 0.2) is 5.82 Å². The van der Waals surface area contributed by atoms with Crippen LogP contribution < -0.4 is 5.73 Å². The topological polar surface area (TPSA) is 51.8 Å². The van der Waals surface area contributed by atoms with E-state index in [1.807, 2.05) is 6.07 Å². The first kappa shape index (κ1) is 14.5. The van der Waals surface area contributed by atoms with Crippen LogP contribution in [0.15, 0.2) is 22.7 Å². The number of nitrogens with zero attached hydrogens (tertiary/aromatic N) is 2. The SMILES string of the molecule is Cc1cc(-c2nc(N)cc(C3CCCC3)n2)cc(C)c1Br. The first-order chi connectivity index (χ1) is 10.0. The highest BCUT2D eigenvalue weighted by molar-refractivity contribution is 9.10. The molecule has 0 bridgehead atoms. The number of nitrogens with two attached hydrogens (primary N) is 1. The minimum atomic E-state index is 0.548. The molecule has 1 aliphatic rings. The highest BCUT2D eigenvalue weighted by Gasteiger charge is 2.20. The molecule has 0 aliphatic heterocycles. The van der Waals surface area contributed by atoms with Gasteiger partial charge in [0.1, 0.15) is 5.82 Å². The second kappa shape index (κ2) is 5.76. The summed E-state index contributed by atoms with van der Waals surface area (Å²) in [5.41, 5.74) is 10.5. The van der Waals surface area contributed by atoms with Crippen molar-refractivity contribution in [3.05, 3.63) is 39.5 Å². The lowest BCUT2D eigenvalue weighted by Crippen LogP contribution is -2.03. The molecule has 0 amide bonds. The molecule has 0 atom stereocenters. The fourth-order valence-corrected chi connectivity index (χ4v) is 3.35. The Morgan fingerprint density at radius 1 is 1.05 bits per heavy atom. The third-order valence-corrected chi connectivity index (χ3v) is 5.48. The van der Waals surface area contributed by atoms with E-state index >= 15 is 0 Å². The summed E-state index contributed by atoms with van der Waals surface area (Å²) < 4.78 is 1.14. The van der Waals surface area contributed by atoms with E-state index in [4.69, 9.17) is 10.7 Å². The highest BCUT2D eigenvalue weighted by Crippen LogP contribution is 2.35. The monoisotopic (exact) mass is 345 g/mol. The molecule has 0 unspecified atom stereocenters. The van der Waals surface area contributed by atoms with E-state index in [1.165, 1.54) is 36.8 Å². The van der Waals surface area contributed by atoms with Crippen molar-refractivity contribution in [1.29, 1.82) is 0 Å². The largest absolute Gasteiger partial charge is 0.384 e. The smallest absolute Gasteiger partial charge is 0.161 e. The Hall–Kier alpha value is -1.42. The lowest BCUT2D eigenvalue weighted by Gasteiger charge is -2.12. The third-order valence-electron chi connectivity index (χ3n) is 4.23. The summed E-state index contributed by atoms with van der Waals surface area (Å²) in [5, 5.41) is 0. The Morgan fingerprint density at radius 3 is 2.29 bits per heavy atom. The second-order valence-electron chi connectivity index (χ2n) is 5.95. The fourth-order valence-electron chi connectivity index (χ4n) is 3.12. The summed E-state index contributed by atoms with van der Waals surface area (Å²) in [5.74, 6) is 1.86. The first-order valence-electron chi connectivity index (χ1n) is 7.46. The number of aryl methyl sites for hydroxylation is 2. The number of aromatic nitrogens is 2. The minimum absolute atomic E-state index is 0.548. The average Bonchev–Trinajstić information content (AvgIpc) is 2.97. The van der Waals surface area contributed by atoms with E-state index in [-0.39, 0.29) is 0 Å². The van der Waals surface area contributed by atoms with Crippen LogP contribution in [0.2, 0.25) is 0 Å². The van der Waals surface area contributed by atoms with Crippen molar-refractivity contribution in [3.63, 3.8) is 0 Å². The van der Waals surface area contributed by atoms with E-state index in [0.29, 0.717) is 11.7 Å². The van der Waals surface area contributed by atoms with Gasteiger partial charge in [0.25, 0.3) is 0 Å². The Kier molecular flexibility index (Phi) is 3.98. The van der Waals surface area contributed by atoms with Crippen LogP contribution in [0.25, 0.3) is 11.4 Å². The van der Waals surface area contributed by atoms with Crippen LogP contribution in [0.3, 0.4) is 0 Å². The molecule has 1 aromatic carbocycles. The fraction of sp³-hybridized carbons (Fsp3) is 0.412. The van der Waals surface area contributed by atoms with E-state index in [1.54, 1.807) is 0 Å². The number of anilines is 1. The molecule has 0 spiro atoms. The molecule has 1 fully saturated rings. The number of benzene rings is 1. The van der Waals surface area contributed by atoms with Crippen molar-refractivity contribution < 1.29 is 0 Å². The summed E-state index contributed by atoms with van der Waals surface area (Å²) in [6.07, 6.45) is 5.02. The minimum Gasteiger partial charge on any atom is -0.384 e. The standard InChI is InChI=1S/C17H20BrN3/c1-10-7-13(8-11(2)16(10)18)17-20-14(9-15(19)21-17)12-5-3-4-6-12/h7-9,12H,3-6H2,1-2H3,(H2,19,20,21). The average molecular weight is 346 g/mol. The molecule has 4 heteroatoms. The van der Waals surface area contributed by atoms with Gasteiger partial charge in [-0.25, -0.2) is 9.97 Å². The molecule has 0 radical (unpaired) electrons. The van der Waals surface area contributed by atoms with Gasteiger partial charge in [0.2, 0.25) is 0 Å². The van der Waals surface area contributed by atoms with Crippen LogP contribution in [0.4, 0.5) is 5.82 Å². The van der Waals surface area contributed by atoms with E-state index in [0.717, 1.165) is 21.6 Å². The quantitative estimate of drug-likeness (QED) is 0.853. The summed E-state index contributed by atoms with van der Waals surface area (Å²) in [7, 11) is 0. The zero-order valence-electron chi connectivity index (χ0n) is 12.5. The molecule has 1 aromatic heterocycles. The van der Waals surface area contributed by atoms with Crippen molar-refractivity contribution in [2.24, 2.45) is 0 Å². The molecule has 3 rings (SSSR count). The molecular weight excluding hydrogens is 326 g/mol. The molecule has 2 N–H and O–H groups in total. The van der Waals surface area contributed by atoms with Gasteiger partial charge in [-0.1, -0.05) is 28.8 Å². The van der Waals surface area contributed by atoms with Gasteiger partial charge in [0, 0.05) is 27.7 Å². The molecular formula is C17H20BrN3. The number of hydrogen-bond donors (Lipinski definition) is 1. The molecule has 1 aliphatic carbocycles. The zero-order valence-corrected chi connectivity index (χ0v) is 14.1. The molecule has 1 saturated carbocycles. The van der Waals surface area contributed by atoms with Crippen LogP contribution in [-0.4, -0.2) is 9.97 Å². The van der Waals surface area contributed by atoms with Crippen molar-refractivity contribution in [1.82, 2.24) is 9.97 Å². The summed E-state index contributed by atoms with van der Waals surface area (Å²) in [6, 6.07) is 6.17. The molecule has 110 valence electrons. The lowest BCUT2D eigenvalue weighted by atomic mass is 10.0. The summed E-state index contributed by atoms with van der Waals surface area (Å²) >= 11 is 3.60. The Balaban J connectivity index is 2.06. The van der Waals surface area contributed by atoms with Crippen LogP contribution in [0, 0.1) is 13.8 Å². The number of rotatable bonds is 2. The number of halogens is 1. The van der Waals surface area contributed by atoms with Crippen molar-refractivity contribution in [2.75, 3.05) is 5.73 Å². The molecule has 21 heavy (non-hydrogen) atoms. The van der Waals surface area contributed by atoms with Gasteiger partial charge in [-0.2, -0.15) is 0 Å². The van der Waals surface area contributed by atoms with E-state index in [9.17, 15) is 0 Å². The number of hydrogen-bond acceptors (Lipinski definition) is 3. The van der Waals surface area contributed by atoms with Gasteiger partial charge >= 0.3 is 0 Å². The normalized spacial score (nSPS) is 15.6. The van der Waals surface area contributed by atoms with Gasteiger partial charge in [-0.15, -0.1) is 0 Å². The van der Waals surface area contributed by atoms with E-state index in [2.05, 4.69) is 46.9 Å². The molecule has 0 saturated heterocycles. The lowest BCUT2D eigenvalue weighted by molar-refractivity contribution is 0.696. The molecule has 3 nitrogen and oxygen atoms in total. The summed E-state index contributed by atoms with van der Waals surface area (Å²) in [4.78, 5) is 9.23. The van der Waals surface area contributed by atoms with Gasteiger partial charge < -0.3 is 5.73 Å². The van der Waals surface area contributed by atoms with Gasteiger partial charge in [-0.05, 0) is 49.9 Å². The van der Waals surface area contributed by atoms with Crippen LogP contribution in [-0.2, 0) is 0 Å². The maximum atomic E-state index is 6.01. The maximum Gasteiger partial charge on any atom is 0.161 e.